The molecular formula is C32H58N4O6. The summed E-state index contributed by atoms with van der Waals surface area (Å²) in [4.78, 5) is 60.9. The maximum atomic E-state index is 14.0. The number of hydrogen-bond acceptors (Lipinski definition) is 7. The second kappa shape index (κ2) is 16.7. The van der Waals surface area contributed by atoms with Crippen molar-refractivity contribution in [1.82, 2.24) is 19.6 Å². The number of piperazine rings is 1. The summed E-state index contributed by atoms with van der Waals surface area (Å²) in [6.07, 6.45) is 1.85. The highest BCUT2D eigenvalue weighted by Crippen LogP contribution is 2.30. The molecular weight excluding hydrogens is 536 g/mol. The van der Waals surface area contributed by atoms with Crippen LogP contribution in [0.15, 0.2) is 0 Å². The molecule has 0 aromatic heterocycles. The van der Waals surface area contributed by atoms with E-state index in [0.717, 1.165) is 32.4 Å². The first-order chi connectivity index (χ1) is 19.8. The number of ether oxygens (including phenoxy) is 2. The predicted molar refractivity (Wildman–Crippen MR) is 164 cm³/mol. The van der Waals surface area contributed by atoms with Crippen molar-refractivity contribution in [2.75, 3.05) is 61.0 Å². The number of carbonyl (C=O) groups excluding carboxylic acids is 4. The zero-order valence-electron chi connectivity index (χ0n) is 27.9. The van der Waals surface area contributed by atoms with Crippen LogP contribution in [0.5, 0.6) is 0 Å². The third kappa shape index (κ3) is 8.99. The van der Waals surface area contributed by atoms with E-state index in [-0.39, 0.29) is 72.3 Å². The Morgan fingerprint density at radius 3 is 2.02 bits per heavy atom. The van der Waals surface area contributed by atoms with Gasteiger partial charge in [-0.1, -0.05) is 41.0 Å². The molecule has 0 saturated carbocycles. The van der Waals surface area contributed by atoms with E-state index in [1.807, 2.05) is 30.6 Å². The zero-order valence-corrected chi connectivity index (χ0v) is 27.9. The van der Waals surface area contributed by atoms with Crippen LogP contribution in [0.1, 0.15) is 73.6 Å². The number of Topliss-reactive ketones (excluding diaryl/α,β-unsaturated/α-hetero) is 1. The molecule has 3 amide bonds. The Morgan fingerprint density at radius 1 is 0.905 bits per heavy atom. The Labute approximate surface area is 254 Å². The average Bonchev–Trinajstić information content (AvgIpc) is 3.44. The molecule has 10 heteroatoms. The fourth-order valence-electron chi connectivity index (χ4n) is 6.63. The van der Waals surface area contributed by atoms with Crippen molar-refractivity contribution < 1.29 is 28.7 Å². The molecule has 42 heavy (non-hydrogen) atoms. The van der Waals surface area contributed by atoms with Gasteiger partial charge in [-0.05, 0) is 38.6 Å². The molecule has 0 unspecified atom stereocenters. The zero-order chi connectivity index (χ0) is 31.7. The molecule has 2 aliphatic rings. The molecule has 0 N–H and O–H groups in total. The van der Waals surface area contributed by atoms with Crippen molar-refractivity contribution in [2.45, 2.75) is 97.9 Å². The van der Waals surface area contributed by atoms with Gasteiger partial charge >= 0.3 is 0 Å². The van der Waals surface area contributed by atoms with Crippen molar-refractivity contribution in [3.63, 3.8) is 0 Å². The minimum Gasteiger partial charge on any atom is -0.379 e. The van der Waals surface area contributed by atoms with E-state index in [1.54, 1.807) is 33.1 Å². The highest BCUT2D eigenvalue weighted by molar-refractivity contribution is 5.86. The number of likely N-dealkylation sites (tertiary alicyclic amines) is 1. The van der Waals surface area contributed by atoms with E-state index in [9.17, 15) is 19.2 Å². The third-order valence-electron chi connectivity index (χ3n) is 9.86. The molecule has 2 fully saturated rings. The quantitative estimate of drug-likeness (QED) is 0.288. The van der Waals surface area contributed by atoms with Crippen molar-refractivity contribution in [3.05, 3.63) is 0 Å². The average molecular weight is 595 g/mol. The van der Waals surface area contributed by atoms with Crippen molar-refractivity contribution in [3.8, 4) is 0 Å². The van der Waals surface area contributed by atoms with Crippen molar-refractivity contribution in [1.29, 1.82) is 0 Å². The molecule has 2 heterocycles. The normalized spacial score (nSPS) is 22.4. The first kappa shape index (κ1) is 36.2. The fourth-order valence-corrected chi connectivity index (χ4v) is 6.63. The predicted octanol–water partition coefficient (Wildman–Crippen LogP) is 2.93. The summed E-state index contributed by atoms with van der Waals surface area (Å²) in [6, 6.07) is -0.516. The van der Waals surface area contributed by atoms with Gasteiger partial charge in [0.25, 0.3) is 0 Å². The first-order valence-corrected chi connectivity index (χ1v) is 15.9. The number of carbonyl (C=O) groups is 4. The van der Waals surface area contributed by atoms with Gasteiger partial charge in [-0.3, -0.25) is 19.2 Å². The van der Waals surface area contributed by atoms with Crippen LogP contribution in [0, 0.1) is 23.7 Å². The summed E-state index contributed by atoms with van der Waals surface area (Å²) >= 11 is 0. The minimum absolute atomic E-state index is 0.0174. The third-order valence-corrected chi connectivity index (χ3v) is 9.86. The lowest BCUT2D eigenvalue weighted by Crippen LogP contribution is -2.54. The van der Waals surface area contributed by atoms with Gasteiger partial charge in [0, 0.05) is 72.2 Å². The van der Waals surface area contributed by atoms with E-state index in [2.05, 4.69) is 25.8 Å². The van der Waals surface area contributed by atoms with Crippen LogP contribution in [0.25, 0.3) is 0 Å². The largest absolute Gasteiger partial charge is 0.379 e. The standard InChI is InChI=1S/C32H58N4O6/c1-11-22(4)30(34(8)32(40)25(21(2)3)19-28(38)35-17-15-33(7)16-18-35)27(41-9)20-29(39)36-14-12-13-26(36)31(42-10)23(5)24(6)37/h21-23,25-27,30-31H,11-20H2,1-10H3/t22-,23-,25-,26-,27+,30-,31+/m0/s1. The van der Waals surface area contributed by atoms with Gasteiger partial charge in [-0.2, -0.15) is 0 Å². The minimum atomic E-state index is -0.518. The lowest BCUT2D eigenvalue weighted by molar-refractivity contribution is -0.150. The Hall–Kier alpha value is -2.04. The van der Waals surface area contributed by atoms with Crippen molar-refractivity contribution >= 4 is 23.5 Å². The molecule has 0 spiro atoms. The van der Waals surface area contributed by atoms with Gasteiger partial charge in [0.1, 0.15) is 5.78 Å². The highest BCUT2D eigenvalue weighted by Gasteiger charge is 2.42. The summed E-state index contributed by atoms with van der Waals surface area (Å²) in [5.74, 6) is -0.797. The highest BCUT2D eigenvalue weighted by atomic mass is 16.5. The maximum Gasteiger partial charge on any atom is 0.226 e. The molecule has 10 nitrogen and oxygen atoms in total. The molecule has 2 aliphatic heterocycles. The van der Waals surface area contributed by atoms with E-state index in [0.29, 0.717) is 19.6 Å². The smallest absolute Gasteiger partial charge is 0.226 e. The molecule has 242 valence electrons. The van der Waals surface area contributed by atoms with E-state index in [1.165, 1.54) is 0 Å². The topological polar surface area (TPSA) is 99.7 Å². The van der Waals surface area contributed by atoms with Crippen LogP contribution in [-0.4, -0.2) is 128 Å². The second-order valence-corrected chi connectivity index (χ2v) is 12.9. The number of rotatable bonds is 15. The number of likely N-dealkylation sites (N-methyl/N-ethyl adjacent to an activating group) is 2. The number of ketones is 1. The van der Waals surface area contributed by atoms with Gasteiger partial charge < -0.3 is 29.1 Å². The summed E-state index contributed by atoms with van der Waals surface area (Å²) in [5.41, 5.74) is 0. The summed E-state index contributed by atoms with van der Waals surface area (Å²) in [7, 11) is 7.04. The van der Waals surface area contributed by atoms with Gasteiger partial charge in [0.05, 0.1) is 30.7 Å². The number of nitrogens with zero attached hydrogens (tertiary/aromatic N) is 4. The maximum absolute atomic E-state index is 14.0. The van der Waals surface area contributed by atoms with Crippen LogP contribution in [0.4, 0.5) is 0 Å². The fraction of sp³-hybridized carbons (Fsp3) is 0.875. The van der Waals surface area contributed by atoms with Crippen LogP contribution in [0.2, 0.25) is 0 Å². The Bertz CT molecular complexity index is 905. The molecule has 0 aromatic rings. The molecule has 7 atom stereocenters. The summed E-state index contributed by atoms with van der Waals surface area (Å²) in [5, 5.41) is 0. The number of amides is 3. The monoisotopic (exact) mass is 594 g/mol. The SMILES string of the molecule is CC[C@H](C)[C@@H]([C@@H](CC(=O)N1CCC[C@H]1[C@H](OC)[C@@H](C)C(C)=O)OC)N(C)C(=O)[C@@H](CC(=O)N1CCN(C)CC1)C(C)C. The molecule has 0 aliphatic carbocycles. The lowest BCUT2D eigenvalue weighted by atomic mass is 9.86. The molecule has 0 aromatic carbocycles. The van der Waals surface area contributed by atoms with E-state index >= 15 is 0 Å². The molecule has 0 radical (unpaired) electrons. The second-order valence-electron chi connectivity index (χ2n) is 12.9. The Balaban J connectivity index is 2.23. The van der Waals surface area contributed by atoms with Crippen molar-refractivity contribution in [2.24, 2.45) is 23.7 Å². The summed E-state index contributed by atoms with van der Waals surface area (Å²) in [6.45, 7) is 15.2. The van der Waals surface area contributed by atoms with Crippen LogP contribution < -0.4 is 0 Å². The lowest BCUT2D eigenvalue weighted by Gasteiger charge is -2.41. The van der Waals surface area contributed by atoms with Gasteiger partial charge in [0.2, 0.25) is 17.7 Å². The van der Waals surface area contributed by atoms with Gasteiger partial charge in [-0.25, -0.2) is 0 Å². The van der Waals surface area contributed by atoms with Crippen LogP contribution in [-0.2, 0) is 28.7 Å². The van der Waals surface area contributed by atoms with E-state index in [4.69, 9.17) is 9.47 Å². The Kier molecular flexibility index (Phi) is 14.4. The Morgan fingerprint density at radius 2 is 1.52 bits per heavy atom. The molecule has 0 bridgehead atoms. The number of hydrogen-bond donors (Lipinski definition) is 0. The van der Waals surface area contributed by atoms with Gasteiger partial charge in [-0.15, -0.1) is 0 Å². The van der Waals surface area contributed by atoms with Gasteiger partial charge in [0.15, 0.2) is 0 Å². The van der Waals surface area contributed by atoms with Crippen LogP contribution >= 0.6 is 0 Å². The number of methoxy groups -OCH3 is 2. The first-order valence-electron chi connectivity index (χ1n) is 15.9. The molecule has 2 rings (SSSR count). The summed E-state index contributed by atoms with van der Waals surface area (Å²) < 4.78 is 11.7. The molecule has 2 saturated heterocycles. The van der Waals surface area contributed by atoms with Crippen LogP contribution in [0.3, 0.4) is 0 Å². The van der Waals surface area contributed by atoms with E-state index < -0.39 is 12.0 Å².